The van der Waals surface area contributed by atoms with E-state index >= 15 is 0 Å². The molecule has 1 heterocycles. The maximum Gasteiger partial charge on any atom is 0.0946 e. The minimum absolute atomic E-state index is 0.194. The first-order valence-corrected chi connectivity index (χ1v) is 10.2. The smallest absolute Gasteiger partial charge is 0.0946 e. The van der Waals surface area contributed by atoms with Gasteiger partial charge in [-0.2, -0.15) is 0 Å². The van der Waals surface area contributed by atoms with Crippen molar-refractivity contribution in [3.8, 4) is 0 Å². The summed E-state index contributed by atoms with van der Waals surface area (Å²) in [6, 6.07) is 13.6. The van der Waals surface area contributed by atoms with Crippen LogP contribution in [0, 0.1) is 0 Å². The van der Waals surface area contributed by atoms with Gasteiger partial charge < -0.3 is 4.57 Å². The largest absolute Gasteiger partial charge is 0.336 e. The second kappa shape index (κ2) is 11.6. The predicted octanol–water partition coefficient (Wildman–Crippen LogP) is 5.97. The van der Waals surface area contributed by atoms with Crippen molar-refractivity contribution in [2.24, 2.45) is 0 Å². The molecule has 10 heteroatoms. The molecule has 3 N–H and O–H groups in total. The van der Waals surface area contributed by atoms with Crippen LogP contribution in [0.25, 0.3) is 0 Å². The van der Waals surface area contributed by atoms with E-state index in [2.05, 4.69) is 9.55 Å². The maximum absolute atomic E-state index is 7.00. The van der Waals surface area contributed by atoms with Crippen molar-refractivity contribution in [1.82, 2.24) is 14.9 Å². The van der Waals surface area contributed by atoms with E-state index in [4.69, 9.17) is 50.4 Å². The standard InChI is InChI=1S/C18H15Cl3N2S.H3NO3/c19-14-3-1-13(2-4-14)11-24-18(10-23-8-7-22-12-23)16-6-5-15(20)9-17(16)21;2-1(3)4/h1-9,12,18H,10-11H2;2-4H. The van der Waals surface area contributed by atoms with Crippen molar-refractivity contribution >= 4 is 46.6 Å². The summed E-state index contributed by atoms with van der Waals surface area (Å²) in [4.78, 5) is 4.12. The number of rotatable bonds is 6. The van der Waals surface area contributed by atoms with Gasteiger partial charge >= 0.3 is 0 Å². The van der Waals surface area contributed by atoms with E-state index in [1.54, 1.807) is 12.3 Å². The first-order valence-electron chi connectivity index (χ1n) is 7.98. The lowest BCUT2D eigenvalue weighted by molar-refractivity contribution is -0.472. The van der Waals surface area contributed by atoms with Gasteiger partial charge in [-0.1, -0.05) is 53.0 Å². The van der Waals surface area contributed by atoms with Crippen molar-refractivity contribution in [1.29, 1.82) is 0 Å². The van der Waals surface area contributed by atoms with E-state index in [1.165, 1.54) is 5.56 Å². The predicted molar refractivity (Wildman–Crippen MR) is 111 cm³/mol. The van der Waals surface area contributed by atoms with Gasteiger partial charge in [0, 0.05) is 45.0 Å². The van der Waals surface area contributed by atoms with Crippen LogP contribution in [0.4, 0.5) is 0 Å². The number of halogens is 3. The summed E-state index contributed by atoms with van der Waals surface area (Å²) in [5.41, 5.74) is 2.30. The highest BCUT2D eigenvalue weighted by atomic mass is 35.5. The SMILES string of the molecule is Clc1ccc(CSC(Cn2ccnc2)c2ccc(Cl)cc2Cl)cc1.ON(O)O. The van der Waals surface area contributed by atoms with Crippen LogP contribution >= 0.6 is 46.6 Å². The molecule has 0 spiro atoms. The van der Waals surface area contributed by atoms with Crippen molar-refractivity contribution in [2.45, 2.75) is 17.5 Å². The molecule has 1 unspecified atom stereocenters. The minimum atomic E-state index is -1.00. The third-order valence-electron chi connectivity index (χ3n) is 3.61. The average molecular weight is 463 g/mol. The zero-order valence-electron chi connectivity index (χ0n) is 14.5. The highest BCUT2D eigenvalue weighted by Gasteiger charge is 2.17. The molecule has 0 saturated carbocycles. The number of aromatic nitrogens is 2. The molecule has 0 aliphatic carbocycles. The van der Waals surface area contributed by atoms with Crippen LogP contribution < -0.4 is 0 Å². The van der Waals surface area contributed by atoms with Crippen molar-refractivity contribution in [3.63, 3.8) is 0 Å². The Morgan fingerprint density at radius 3 is 2.21 bits per heavy atom. The van der Waals surface area contributed by atoms with Crippen LogP contribution in [0.1, 0.15) is 16.4 Å². The third-order valence-corrected chi connectivity index (χ3v) is 5.73. The second-order valence-corrected chi connectivity index (χ2v) is 8.09. The Kier molecular flexibility index (Phi) is 9.57. The number of benzene rings is 2. The molecule has 150 valence electrons. The average Bonchev–Trinajstić information content (AvgIpc) is 3.13. The van der Waals surface area contributed by atoms with Gasteiger partial charge in [0.05, 0.1) is 11.7 Å². The van der Waals surface area contributed by atoms with E-state index in [1.807, 2.05) is 60.7 Å². The highest BCUT2D eigenvalue weighted by molar-refractivity contribution is 7.98. The van der Waals surface area contributed by atoms with Crippen molar-refractivity contribution < 1.29 is 15.6 Å². The van der Waals surface area contributed by atoms with Gasteiger partial charge in [-0.15, -0.1) is 11.8 Å². The molecule has 0 amide bonds. The molecule has 0 saturated heterocycles. The van der Waals surface area contributed by atoms with Crippen LogP contribution in [-0.4, -0.2) is 30.6 Å². The minimum Gasteiger partial charge on any atom is -0.336 e. The maximum atomic E-state index is 7.00. The summed E-state index contributed by atoms with van der Waals surface area (Å²) in [6.45, 7) is 0.791. The number of nitrogens with zero attached hydrogens (tertiary/aromatic N) is 3. The van der Waals surface area contributed by atoms with Gasteiger partial charge in [-0.3, -0.25) is 15.6 Å². The fourth-order valence-electron chi connectivity index (χ4n) is 2.37. The summed E-state index contributed by atoms with van der Waals surface area (Å²) in [5.74, 6) is 0.871. The summed E-state index contributed by atoms with van der Waals surface area (Å²) < 4.78 is 2.06. The van der Waals surface area contributed by atoms with Gasteiger partial charge in [0.25, 0.3) is 0 Å². The summed E-state index contributed by atoms with van der Waals surface area (Å²) >= 11 is 20.2. The molecule has 0 aliphatic heterocycles. The first-order chi connectivity index (χ1) is 13.3. The third kappa shape index (κ3) is 7.98. The lowest BCUT2D eigenvalue weighted by atomic mass is 10.1. The summed E-state index contributed by atoms with van der Waals surface area (Å²) in [5, 5.41) is 22.3. The second-order valence-electron chi connectivity index (χ2n) is 5.62. The Morgan fingerprint density at radius 1 is 1.00 bits per heavy atom. The van der Waals surface area contributed by atoms with E-state index in [0.29, 0.717) is 10.0 Å². The Hall–Kier alpha value is -1.29. The number of hydrogen-bond donors (Lipinski definition) is 3. The van der Waals surface area contributed by atoms with E-state index in [0.717, 1.165) is 22.9 Å². The molecule has 28 heavy (non-hydrogen) atoms. The molecule has 0 aliphatic rings. The van der Waals surface area contributed by atoms with Gasteiger partial charge in [-0.25, -0.2) is 4.98 Å². The molecule has 0 fully saturated rings. The number of hydrogen-bond acceptors (Lipinski definition) is 6. The summed E-state index contributed by atoms with van der Waals surface area (Å²) in [7, 11) is 0. The Labute approximate surface area is 181 Å². The Morgan fingerprint density at radius 2 is 1.64 bits per heavy atom. The van der Waals surface area contributed by atoms with Crippen molar-refractivity contribution in [3.05, 3.63) is 87.4 Å². The van der Waals surface area contributed by atoms with E-state index < -0.39 is 5.39 Å². The zero-order valence-corrected chi connectivity index (χ0v) is 17.6. The topological polar surface area (TPSA) is 81.8 Å². The lowest BCUT2D eigenvalue weighted by Gasteiger charge is -2.19. The normalized spacial score (nSPS) is 11.8. The van der Waals surface area contributed by atoms with Crippen LogP contribution in [0.15, 0.2) is 61.2 Å². The zero-order chi connectivity index (χ0) is 20.5. The molecule has 3 aromatic rings. The lowest BCUT2D eigenvalue weighted by Crippen LogP contribution is -2.06. The fraction of sp³-hybridized carbons (Fsp3) is 0.167. The number of thioether (sulfide) groups is 1. The van der Waals surface area contributed by atoms with Crippen LogP contribution in [0.3, 0.4) is 0 Å². The first kappa shape index (κ1) is 23.0. The van der Waals surface area contributed by atoms with E-state index in [-0.39, 0.29) is 5.25 Å². The van der Waals surface area contributed by atoms with Crippen molar-refractivity contribution in [2.75, 3.05) is 0 Å². The Bertz CT molecular complexity index is 846. The molecule has 0 bridgehead atoms. The molecule has 1 aromatic heterocycles. The highest BCUT2D eigenvalue weighted by Crippen LogP contribution is 2.38. The monoisotopic (exact) mass is 461 g/mol. The fourth-order valence-corrected chi connectivity index (χ4v) is 4.35. The molecular formula is C18H18Cl3N3O3S. The molecule has 6 nitrogen and oxygen atoms in total. The quantitative estimate of drug-likeness (QED) is 0.391. The van der Waals surface area contributed by atoms with Gasteiger partial charge in [0.2, 0.25) is 0 Å². The number of imidazole rings is 1. The molecule has 2 aromatic carbocycles. The molecular weight excluding hydrogens is 445 g/mol. The van der Waals surface area contributed by atoms with Crippen LogP contribution in [0.5, 0.6) is 0 Å². The van der Waals surface area contributed by atoms with Crippen LogP contribution in [0.2, 0.25) is 15.1 Å². The molecule has 1 atom stereocenters. The van der Waals surface area contributed by atoms with E-state index in [9.17, 15) is 0 Å². The molecule has 0 radical (unpaired) electrons. The summed E-state index contributed by atoms with van der Waals surface area (Å²) in [6.07, 6.45) is 5.56. The Balaban J connectivity index is 0.000000640. The van der Waals surface area contributed by atoms with Crippen LogP contribution in [-0.2, 0) is 12.3 Å². The van der Waals surface area contributed by atoms with Gasteiger partial charge in [0.15, 0.2) is 0 Å². The van der Waals surface area contributed by atoms with Gasteiger partial charge in [0.1, 0.15) is 0 Å². The van der Waals surface area contributed by atoms with Gasteiger partial charge in [-0.05, 0) is 35.4 Å². The molecule has 3 rings (SSSR count).